The van der Waals surface area contributed by atoms with E-state index in [1.807, 2.05) is 13.1 Å². The van der Waals surface area contributed by atoms with Gasteiger partial charge in [0.15, 0.2) is 0 Å². The van der Waals surface area contributed by atoms with E-state index in [0.717, 1.165) is 4.47 Å². The Labute approximate surface area is 79.7 Å². The molecule has 0 aromatic heterocycles. The zero-order chi connectivity index (χ0) is 8.27. The molecule has 0 spiro atoms. The van der Waals surface area contributed by atoms with Crippen LogP contribution in [0.2, 0.25) is 0 Å². The molecule has 11 heavy (non-hydrogen) atoms. The van der Waals surface area contributed by atoms with Crippen LogP contribution >= 0.6 is 27.7 Å². The fourth-order valence-electron chi connectivity index (χ4n) is 0.872. The Hall–Kier alpha value is -0.150. The first kappa shape index (κ1) is 8.94. The third kappa shape index (κ3) is 2.14. The number of benzene rings is 1. The fraction of sp³-hybridized carbons (Fsp3) is 0.250. The minimum atomic E-state index is 1.13. The van der Waals surface area contributed by atoms with Crippen molar-refractivity contribution < 1.29 is 0 Å². The van der Waals surface area contributed by atoms with Crippen molar-refractivity contribution in [3.05, 3.63) is 22.7 Å². The van der Waals surface area contributed by atoms with Crippen LogP contribution in [0.25, 0.3) is 0 Å². The van der Waals surface area contributed by atoms with Gasteiger partial charge in [-0.25, -0.2) is 0 Å². The molecule has 0 heterocycles. The molecule has 0 aliphatic carbocycles. The van der Waals surface area contributed by atoms with Gasteiger partial charge in [0.2, 0.25) is 0 Å². The van der Waals surface area contributed by atoms with Crippen LogP contribution in [0, 0.1) is 0 Å². The first-order valence-corrected chi connectivity index (χ1v) is 5.31. The second kappa shape index (κ2) is 4.02. The molecule has 0 fully saturated rings. The average Bonchev–Trinajstić information content (AvgIpc) is 2.04. The number of halogens is 1. The molecule has 0 aliphatic rings. The summed E-state index contributed by atoms with van der Waals surface area (Å²) in [5.41, 5.74) is 1.18. The number of anilines is 1. The predicted octanol–water partition coefficient (Wildman–Crippen LogP) is 3.21. The van der Waals surface area contributed by atoms with Gasteiger partial charge in [-0.3, -0.25) is 0 Å². The van der Waals surface area contributed by atoms with Crippen LogP contribution in [0.1, 0.15) is 0 Å². The summed E-state index contributed by atoms with van der Waals surface area (Å²) in [5.74, 6) is 0. The summed E-state index contributed by atoms with van der Waals surface area (Å²) in [6, 6.07) is 6.21. The van der Waals surface area contributed by atoms with Crippen LogP contribution < -0.4 is 5.32 Å². The highest BCUT2D eigenvalue weighted by atomic mass is 79.9. The van der Waals surface area contributed by atoms with Crippen molar-refractivity contribution in [1.29, 1.82) is 0 Å². The van der Waals surface area contributed by atoms with E-state index in [2.05, 4.69) is 39.6 Å². The molecule has 1 nitrogen and oxygen atoms in total. The van der Waals surface area contributed by atoms with Gasteiger partial charge in [-0.15, -0.1) is 11.8 Å². The van der Waals surface area contributed by atoms with Crippen molar-refractivity contribution in [1.82, 2.24) is 0 Å². The van der Waals surface area contributed by atoms with E-state index in [-0.39, 0.29) is 0 Å². The Balaban J connectivity index is 3.06. The fourth-order valence-corrected chi connectivity index (χ4v) is 2.02. The smallest absolute Gasteiger partial charge is 0.0476 e. The first-order chi connectivity index (χ1) is 5.27. The first-order valence-electron chi connectivity index (χ1n) is 3.29. The highest BCUT2D eigenvalue weighted by molar-refractivity contribution is 9.10. The Morgan fingerprint density at radius 2 is 2.18 bits per heavy atom. The summed E-state index contributed by atoms with van der Waals surface area (Å²) in [6.45, 7) is 0. The van der Waals surface area contributed by atoms with Gasteiger partial charge in [-0.05, 0) is 24.5 Å². The SMILES string of the molecule is CNc1ccc(Br)cc1SC. The van der Waals surface area contributed by atoms with Crippen LogP contribution in [0.15, 0.2) is 27.6 Å². The quantitative estimate of drug-likeness (QED) is 0.786. The van der Waals surface area contributed by atoms with Gasteiger partial charge in [0.1, 0.15) is 0 Å². The Bertz CT molecular complexity index is 250. The van der Waals surface area contributed by atoms with Crippen molar-refractivity contribution in [2.45, 2.75) is 4.90 Å². The van der Waals surface area contributed by atoms with Gasteiger partial charge < -0.3 is 5.32 Å². The molecular weight excluding hydrogens is 222 g/mol. The van der Waals surface area contributed by atoms with Crippen molar-refractivity contribution in [3.63, 3.8) is 0 Å². The van der Waals surface area contributed by atoms with E-state index in [0.29, 0.717) is 0 Å². The molecule has 0 atom stereocenters. The molecule has 1 N–H and O–H groups in total. The Morgan fingerprint density at radius 3 is 2.73 bits per heavy atom. The predicted molar refractivity (Wildman–Crippen MR) is 55.5 cm³/mol. The summed E-state index contributed by atoms with van der Waals surface area (Å²) in [4.78, 5) is 1.27. The number of rotatable bonds is 2. The monoisotopic (exact) mass is 231 g/mol. The van der Waals surface area contributed by atoms with Gasteiger partial charge in [-0.1, -0.05) is 15.9 Å². The maximum Gasteiger partial charge on any atom is 0.0476 e. The summed E-state index contributed by atoms with van der Waals surface area (Å²) in [6.07, 6.45) is 2.07. The van der Waals surface area contributed by atoms with Crippen LogP contribution in [0.3, 0.4) is 0 Å². The van der Waals surface area contributed by atoms with E-state index in [1.54, 1.807) is 11.8 Å². The lowest BCUT2D eigenvalue weighted by atomic mass is 10.3. The molecule has 3 heteroatoms. The standard InChI is InChI=1S/C8H10BrNS/c1-10-7-4-3-6(9)5-8(7)11-2/h3-5,10H,1-2H3. The highest BCUT2D eigenvalue weighted by Gasteiger charge is 1.98. The molecule has 1 aromatic carbocycles. The van der Waals surface area contributed by atoms with Gasteiger partial charge >= 0.3 is 0 Å². The molecule has 0 unspecified atom stereocenters. The van der Waals surface area contributed by atoms with E-state index < -0.39 is 0 Å². The van der Waals surface area contributed by atoms with E-state index in [4.69, 9.17) is 0 Å². The van der Waals surface area contributed by atoms with Crippen LogP contribution in [0.4, 0.5) is 5.69 Å². The lowest BCUT2D eigenvalue weighted by Crippen LogP contribution is -1.89. The minimum absolute atomic E-state index is 1.13. The Kier molecular flexibility index (Phi) is 3.27. The molecule has 1 aromatic rings. The van der Waals surface area contributed by atoms with E-state index in [9.17, 15) is 0 Å². The molecule has 0 amide bonds. The number of nitrogens with one attached hydrogen (secondary N) is 1. The summed E-state index contributed by atoms with van der Waals surface area (Å²) in [7, 11) is 1.93. The molecule has 60 valence electrons. The van der Waals surface area contributed by atoms with Crippen molar-refractivity contribution in [2.24, 2.45) is 0 Å². The third-order valence-corrected chi connectivity index (χ3v) is 2.70. The highest BCUT2D eigenvalue weighted by Crippen LogP contribution is 2.27. The lowest BCUT2D eigenvalue weighted by molar-refractivity contribution is 1.37. The van der Waals surface area contributed by atoms with E-state index in [1.165, 1.54) is 10.6 Å². The Morgan fingerprint density at radius 1 is 1.45 bits per heavy atom. The van der Waals surface area contributed by atoms with Crippen LogP contribution in [-0.2, 0) is 0 Å². The van der Waals surface area contributed by atoms with Crippen molar-refractivity contribution in [3.8, 4) is 0 Å². The maximum absolute atomic E-state index is 3.43. The summed E-state index contributed by atoms with van der Waals surface area (Å²) in [5, 5.41) is 3.13. The maximum atomic E-state index is 3.43. The molecule has 0 saturated carbocycles. The average molecular weight is 232 g/mol. The largest absolute Gasteiger partial charge is 0.387 e. The second-order valence-electron chi connectivity index (χ2n) is 2.09. The number of thioether (sulfide) groups is 1. The van der Waals surface area contributed by atoms with Crippen molar-refractivity contribution >= 4 is 33.4 Å². The van der Waals surface area contributed by atoms with E-state index >= 15 is 0 Å². The topological polar surface area (TPSA) is 12.0 Å². The molecule has 0 radical (unpaired) electrons. The van der Waals surface area contributed by atoms with Gasteiger partial charge in [0.05, 0.1) is 0 Å². The zero-order valence-electron chi connectivity index (χ0n) is 6.52. The molecule has 0 aliphatic heterocycles. The summed E-state index contributed by atoms with van der Waals surface area (Å²) >= 11 is 5.17. The molecule has 0 saturated heterocycles. The minimum Gasteiger partial charge on any atom is -0.387 e. The van der Waals surface area contributed by atoms with Gasteiger partial charge in [0, 0.05) is 22.1 Å². The second-order valence-corrected chi connectivity index (χ2v) is 3.86. The number of hydrogen-bond acceptors (Lipinski definition) is 2. The van der Waals surface area contributed by atoms with Crippen LogP contribution in [0.5, 0.6) is 0 Å². The van der Waals surface area contributed by atoms with Crippen molar-refractivity contribution in [2.75, 3.05) is 18.6 Å². The van der Waals surface area contributed by atoms with Crippen LogP contribution in [-0.4, -0.2) is 13.3 Å². The zero-order valence-corrected chi connectivity index (χ0v) is 8.92. The molecule has 0 bridgehead atoms. The normalized spacial score (nSPS) is 9.73. The summed E-state index contributed by atoms with van der Waals surface area (Å²) < 4.78 is 1.13. The number of hydrogen-bond donors (Lipinski definition) is 1. The van der Waals surface area contributed by atoms with Gasteiger partial charge in [-0.2, -0.15) is 0 Å². The molecule has 1 rings (SSSR count). The lowest BCUT2D eigenvalue weighted by Gasteiger charge is -2.05. The molecular formula is C8H10BrNS. The van der Waals surface area contributed by atoms with Gasteiger partial charge in [0.25, 0.3) is 0 Å². The third-order valence-electron chi connectivity index (χ3n) is 1.43.